The van der Waals surface area contributed by atoms with Crippen LogP contribution in [-0.4, -0.2) is 35.7 Å². The molecule has 0 saturated heterocycles. The number of para-hydroxylation sites is 2. The highest BCUT2D eigenvalue weighted by Gasteiger charge is 2.09. The number of phenols is 2. The summed E-state index contributed by atoms with van der Waals surface area (Å²) >= 11 is 0. The highest BCUT2D eigenvalue weighted by Crippen LogP contribution is 2.16. The predicted octanol–water partition coefficient (Wildman–Crippen LogP) is 4.08. The zero-order valence-electron chi connectivity index (χ0n) is 16.1. The van der Waals surface area contributed by atoms with Gasteiger partial charge in [0, 0.05) is 48.3 Å². The summed E-state index contributed by atoms with van der Waals surface area (Å²) in [5.41, 5.74) is 9.07. The fourth-order valence-electron chi connectivity index (χ4n) is 2.97. The molecule has 0 heterocycles. The van der Waals surface area contributed by atoms with Crippen molar-refractivity contribution in [1.29, 1.82) is 0 Å². The third kappa shape index (κ3) is 6.21. The summed E-state index contributed by atoms with van der Waals surface area (Å²) < 4.78 is 0. The van der Waals surface area contributed by atoms with Gasteiger partial charge in [0.1, 0.15) is 11.5 Å². The van der Waals surface area contributed by atoms with E-state index in [0.29, 0.717) is 24.2 Å². The Kier molecular flexibility index (Phi) is 7.00. The van der Waals surface area contributed by atoms with Crippen LogP contribution in [-0.2, 0) is 6.42 Å². The molecule has 4 N–H and O–H groups in total. The van der Waals surface area contributed by atoms with E-state index in [4.69, 9.17) is 5.73 Å². The third-order valence-corrected chi connectivity index (χ3v) is 4.57. The molecule has 0 bridgehead atoms. The molecule has 3 aromatic carbocycles. The van der Waals surface area contributed by atoms with Crippen molar-refractivity contribution < 1.29 is 10.2 Å². The second kappa shape index (κ2) is 10.1. The fraction of sp³-hybridized carbons (Fsp3) is 0.167. The Morgan fingerprint density at radius 1 is 0.724 bits per heavy atom. The van der Waals surface area contributed by atoms with Crippen LogP contribution in [0.15, 0.2) is 82.8 Å². The molecule has 5 nitrogen and oxygen atoms in total. The van der Waals surface area contributed by atoms with Gasteiger partial charge in [-0.3, -0.25) is 9.98 Å². The van der Waals surface area contributed by atoms with E-state index in [0.717, 1.165) is 12.1 Å². The van der Waals surface area contributed by atoms with E-state index >= 15 is 0 Å². The molecule has 0 aliphatic carbocycles. The highest BCUT2D eigenvalue weighted by atomic mass is 16.3. The summed E-state index contributed by atoms with van der Waals surface area (Å²) in [5.74, 6) is 0.593. The summed E-state index contributed by atoms with van der Waals surface area (Å²) in [6.45, 7) is 1.13. The Morgan fingerprint density at radius 2 is 1.21 bits per heavy atom. The number of nitrogen functional groups attached to an aromatic ring is 1. The lowest BCUT2D eigenvalue weighted by atomic mass is 9.99. The zero-order valence-corrected chi connectivity index (χ0v) is 16.1. The second-order valence-electron chi connectivity index (χ2n) is 6.92. The molecule has 0 aromatic heterocycles. The smallest absolute Gasteiger partial charge is 0.124 e. The lowest BCUT2D eigenvalue weighted by molar-refractivity contribution is 0.474. The normalized spacial score (nSPS) is 12.6. The van der Waals surface area contributed by atoms with Crippen LogP contribution < -0.4 is 5.73 Å². The van der Waals surface area contributed by atoms with Gasteiger partial charge in [-0.1, -0.05) is 36.4 Å². The van der Waals surface area contributed by atoms with Crippen LogP contribution in [0.1, 0.15) is 16.7 Å². The first kappa shape index (κ1) is 20.1. The van der Waals surface area contributed by atoms with Crippen molar-refractivity contribution in [1.82, 2.24) is 0 Å². The Morgan fingerprint density at radius 3 is 1.69 bits per heavy atom. The number of hydrogen-bond donors (Lipinski definition) is 3. The highest BCUT2D eigenvalue weighted by molar-refractivity contribution is 5.83. The lowest BCUT2D eigenvalue weighted by Crippen LogP contribution is -2.13. The standard InChI is InChI=1S/C24H25N3O2/c25-22-11-9-18(10-12-22)13-19(14-26-16-20-5-1-3-7-23(20)28)15-27-17-21-6-2-4-8-24(21)29/h1-12,16-17,19,28-29H,13-15,25H2. The first-order chi connectivity index (χ1) is 14.1. The maximum Gasteiger partial charge on any atom is 0.124 e. The molecule has 0 aliphatic rings. The van der Waals surface area contributed by atoms with Crippen LogP contribution in [0, 0.1) is 5.92 Å². The third-order valence-electron chi connectivity index (χ3n) is 4.57. The molecule has 29 heavy (non-hydrogen) atoms. The van der Waals surface area contributed by atoms with Crippen molar-refractivity contribution in [2.24, 2.45) is 15.9 Å². The number of hydrogen-bond acceptors (Lipinski definition) is 5. The number of nitrogens with two attached hydrogens (primary N) is 1. The average molecular weight is 387 g/mol. The number of aromatic hydroxyl groups is 2. The number of rotatable bonds is 8. The SMILES string of the molecule is Nc1ccc(CC(CN=Cc2ccccc2O)CN=Cc2ccccc2O)cc1. The van der Waals surface area contributed by atoms with E-state index in [9.17, 15) is 10.2 Å². The van der Waals surface area contributed by atoms with E-state index in [1.807, 2.05) is 48.5 Å². The Bertz CT molecular complexity index is 924. The minimum atomic E-state index is 0.169. The van der Waals surface area contributed by atoms with Gasteiger partial charge in [-0.2, -0.15) is 0 Å². The maximum atomic E-state index is 9.88. The van der Waals surface area contributed by atoms with Crippen molar-refractivity contribution in [2.45, 2.75) is 6.42 Å². The largest absolute Gasteiger partial charge is 0.507 e. The van der Waals surface area contributed by atoms with Gasteiger partial charge in [-0.05, 0) is 48.4 Å². The van der Waals surface area contributed by atoms with Gasteiger partial charge in [-0.25, -0.2) is 0 Å². The van der Waals surface area contributed by atoms with Gasteiger partial charge in [0.2, 0.25) is 0 Å². The molecule has 0 spiro atoms. The molecule has 0 radical (unpaired) electrons. The van der Waals surface area contributed by atoms with Gasteiger partial charge in [-0.15, -0.1) is 0 Å². The molecule has 3 aromatic rings. The Hall–Kier alpha value is -3.60. The molecule has 0 saturated carbocycles. The zero-order chi connectivity index (χ0) is 20.5. The number of anilines is 1. The topological polar surface area (TPSA) is 91.2 Å². The van der Waals surface area contributed by atoms with Crippen molar-refractivity contribution in [2.75, 3.05) is 18.8 Å². The molecule has 148 valence electrons. The van der Waals surface area contributed by atoms with Gasteiger partial charge in [0.05, 0.1) is 0 Å². The quantitative estimate of drug-likeness (QED) is 0.402. The molecule has 0 unspecified atom stereocenters. The first-order valence-corrected chi connectivity index (χ1v) is 9.52. The van der Waals surface area contributed by atoms with Crippen LogP contribution in [0.5, 0.6) is 11.5 Å². The minimum absolute atomic E-state index is 0.169. The lowest BCUT2D eigenvalue weighted by Gasteiger charge is -2.13. The van der Waals surface area contributed by atoms with Crippen LogP contribution >= 0.6 is 0 Å². The van der Waals surface area contributed by atoms with Crippen LogP contribution in [0.2, 0.25) is 0 Å². The second-order valence-corrected chi connectivity index (χ2v) is 6.92. The summed E-state index contributed by atoms with van der Waals surface area (Å²) in [6, 6.07) is 22.0. The molecular formula is C24H25N3O2. The van der Waals surface area contributed by atoms with Crippen molar-refractivity contribution >= 4 is 18.1 Å². The van der Waals surface area contributed by atoms with Crippen LogP contribution in [0.25, 0.3) is 0 Å². The van der Waals surface area contributed by atoms with Crippen LogP contribution in [0.3, 0.4) is 0 Å². The monoisotopic (exact) mass is 387 g/mol. The van der Waals surface area contributed by atoms with Gasteiger partial charge < -0.3 is 15.9 Å². The summed E-state index contributed by atoms with van der Waals surface area (Å²) in [7, 11) is 0. The van der Waals surface area contributed by atoms with Crippen molar-refractivity contribution in [3.63, 3.8) is 0 Å². The fourth-order valence-corrected chi connectivity index (χ4v) is 2.97. The van der Waals surface area contributed by atoms with E-state index in [1.165, 1.54) is 5.56 Å². The van der Waals surface area contributed by atoms with E-state index in [-0.39, 0.29) is 17.4 Å². The Labute approximate surface area is 170 Å². The number of phenolic OH excluding ortho intramolecular Hbond substituents is 2. The van der Waals surface area contributed by atoms with E-state index in [1.54, 1.807) is 36.7 Å². The molecule has 0 aliphatic heterocycles. The van der Waals surface area contributed by atoms with Gasteiger partial charge >= 0.3 is 0 Å². The molecule has 0 amide bonds. The average Bonchev–Trinajstić information content (AvgIpc) is 2.72. The van der Waals surface area contributed by atoms with Crippen molar-refractivity contribution in [3.05, 3.63) is 89.5 Å². The summed E-state index contributed by atoms with van der Waals surface area (Å²) in [5, 5.41) is 19.8. The number of benzene rings is 3. The molecule has 0 fully saturated rings. The van der Waals surface area contributed by atoms with E-state index in [2.05, 4.69) is 9.98 Å². The first-order valence-electron chi connectivity index (χ1n) is 9.52. The predicted molar refractivity (Wildman–Crippen MR) is 119 cm³/mol. The van der Waals surface area contributed by atoms with Gasteiger partial charge in [0.15, 0.2) is 0 Å². The van der Waals surface area contributed by atoms with E-state index < -0.39 is 0 Å². The van der Waals surface area contributed by atoms with Crippen molar-refractivity contribution in [3.8, 4) is 11.5 Å². The molecule has 3 rings (SSSR count). The molecular weight excluding hydrogens is 362 g/mol. The minimum Gasteiger partial charge on any atom is -0.507 e. The molecule has 5 heteroatoms. The summed E-state index contributed by atoms with van der Waals surface area (Å²) in [6.07, 6.45) is 4.19. The van der Waals surface area contributed by atoms with Crippen LogP contribution in [0.4, 0.5) is 5.69 Å². The summed E-state index contributed by atoms with van der Waals surface area (Å²) in [4.78, 5) is 9.05. The number of nitrogens with zero attached hydrogens (tertiary/aromatic N) is 2. The number of aliphatic imine (C=N–C) groups is 2. The molecule has 0 atom stereocenters. The maximum absolute atomic E-state index is 9.88. The van der Waals surface area contributed by atoms with Gasteiger partial charge in [0.25, 0.3) is 0 Å². The Balaban J connectivity index is 1.69.